The Hall–Kier alpha value is -1.43. The van der Waals surface area contributed by atoms with Gasteiger partial charge in [-0.2, -0.15) is 0 Å². The summed E-state index contributed by atoms with van der Waals surface area (Å²) < 4.78 is 10.7. The fourth-order valence-electron chi connectivity index (χ4n) is 1.65. The lowest BCUT2D eigenvalue weighted by atomic mass is 10.2. The van der Waals surface area contributed by atoms with Crippen molar-refractivity contribution in [1.29, 1.82) is 0 Å². The van der Waals surface area contributed by atoms with E-state index < -0.39 is 0 Å². The number of anilines is 1. The Kier molecular flexibility index (Phi) is 9.44. The molecule has 2 N–H and O–H groups in total. The zero-order valence-electron chi connectivity index (χ0n) is 13.0. The van der Waals surface area contributed by atoms with Gasteiger partial charge in [-0.3, -0.25) is 4.79 Å². The summed E-state index contributed by atoms with van der Waals surface area (Å²) in [6, 6.07) is 7.73. The molecule has 0 radical (unpaired) electrons. The van der Waals surface area contributed by atoms with Crippen LogP contribution < -0.4 is 10.6 Å². The van der Waals surface area contributed by atoms with Crippen LogP contribution in [0.15, 0.2) is 24.3 Å². The molecule has 0 aliphatic carbocycles. The molecule has 0 aromatic heterocycles. The zero-order chi connectivity index (χ0) is 15.3. The molecule has 1 aromatic carbocycles. The van der Waals surface area contributed by atoms with E-state index in [1.807, 2.05) is 31.2 Å². The summed E-state index contributed by atoms with van der Waals surface area (Å²) in [5.41, 5.74) is 1.99. The van der Waals surface area contributed by atoms with Gasteiger partial charge in [0, 0.05) is 18.8 Å². The van der Waals surface area contributed by atoms with Crippen molar-refractivity contribution in [3.63, 3.8) is 0 Å². The van der Waals surface area contributed by atoms with Crippen LogP contribution in [0, 0.1) is 6.92 Å². The third-order valence-corrected chi connectivity index (χ3v) is 2.76. The Bertz CT molecular complexity index is 393. The van der Waals surface area contributed by atoms with E-state index in [-0.39, 0.29) is 12.5 Å². The van der Waals surface area contributed by atoms with E-state index in [4.69, 9.17) is 9.47 Å². The molecule has 0 saturated carbocycles. The number of hydrogen-bond donors (Lipinski definition) is 2. The Balaban J connectivity index is 1.97. The third kappa shape index (κ3) is 9.18. The molecule has 1 aromatic rings. The second-order valence-electron chi connectivity index (χ2n) is 4.82. The Morgan fingerprint density at radius 1 is 1.05 bits per heavy atom. The van der Waals surface area contributed by atoms with Gasteiger partial charge in [0.1, 0.15) is 0 Å². The summed E-state index contributed by atoms with van der Waals surface area (Å²) in [4.78, 5) is 11.7. The minimum absolute atomic E-state index is 0.0508. The van der Waals surface area contributed by atoms with E-state index in [9.17, 15) is 4.79 Å². The highest BCUT2D eigenvalue weighted by atomic mass is 16.5. The fraction of sp³-hybridized carbons (Fsp3) is 0.562. The van der Waals surface area contributed by atoms with Gasteiger partial charge in [-0.1, -0.05) is 24.6 Å². The average molecular weight is 294 g/mol. The Labute approximate surface area is 127 Å². The summed E-state index contributed by atoms with van der Waals surface area (Å²) >= 11 is 0. The van der Waals surface area contributed by atoms with Crippen LogP contribution in [0.3, 0.4) is 0 Å². The number of aryl methyl sites for hydroxylation is 1. The molecule has 0 fully saturated rings. The maximum absolute atomic E-state index is 11.7. The molecular weight excluding hydrogens is 268 g/mol. The monoisotopic (exact) mass is 294 g/mol. The molecule has 0 spiro atoms. The van der Waals surface area contributed by atoms with E-state index in [0.29, 0.717) is 26.4 Å². The average Bonchev–Trinajstić information content (AvgIpc) is 2.48. The van der Waals surface area contributed by atoms with E-state index in [1.165, 1.54) is 5.56 Å². The third-order valence-electron chi connectivity index (χ3n) is 2.76. The van der Waals surface area contributed by atoms with Gasteiger partial charge in [0.05, 0.1) is 26.4 Å². The van der Waals surface area contributed by atoms with Crippen LogP contribution in [-0.2, 0) is 14.3 Å². The lowest BCUT2D eigenvalue weighted by Crippen LogP contribution is -2.30. The van der Waals surface area contributed by atoms with Crippen LogP contribution in [-0.4, -0.2) is 45.4 Å². The van der Waals surface area contributed by atoms with E-state index in [1.54, 1.807) is 0 Å². The minimum atomic E-state index is -0.0508. The van der Waals surface area contributed by atoms with E-state index in [2.05, 4.69) is 17.6 Å². The molecule has 0 unspecified atom stereocenters. The zero-order valence-corrected chi connectivity index (χ0v) is 13.0. The number of ether oxygens (including phenoxy) is 2. The smallest absolute Gasteiger partial charge is 0.238 e. The fourth-order valence-corrected chi connectivity index (χ4v) is 1.65. The number of hydrogen-bond acceptors (Lipinski definition) is 4. The van der Waals surface area contributed by atoms with Crippen LogP contribution >= 0.6 is 0 Å². The molecule has 0 aliphatic heterocycles. The van der Waals surface area contributed by atoms with Gasteiger partial charge in [0.2, 0.25) is 5.91 Å². The van der Waals surface area contributed by atoms with Crippen molar-refractivity contribution in [2.75, 3.05) is 44.8 Å². The summed E-state index contributed by atoms with van der Waals surface area (Å²) in [6.45, 7) is 7.60. The number of nitrogens with one attached hydrogen (secondary N) is 2. The van der Waals surface area contributed by atoms with Crippen LogP contribution in [0.2, 0.25) is 0 Å². The lowest BCUT2D eigenvalue weighted by Gasteiger charge is -2.08. The molecule has 5 heteroatoms. The van der Waals surface area contributed by atoms with Crippen molar-refractivity contribution in [3.05, 3.63) is 29.8 Å². The molecule has 0 aliphatic rings. The van der Waals surface area contributed by atoms with Crippen LogP contribution in [0.4, 0.5) is 5.69 Å². The summed E-state index contributed by atoms with van der Waals surface area (Å²) in [6.07, 6.45) is 1.03. The maximum atomic E-state index is 11.7. The van der Waals surface area contributed by atoms with Crippen molar-refractivity contribution in [2.24, 2.45) is 0 Å². The number of carbonyl (C=O) groups is 1. The van der Waals surface area contributed by atoms with E-state index in [0.717, 1.165) is 18.7 Å². The quantitative estimate of drug-likeness (QED) is 0.613. The number of amides is 1. The van der Waals surface area contributed by atoms with Gasteiger partial charge in [0.25, 0.3) is 0 Å². The first-order valence-corrected chi connectivity index (χ1v) is 7.45. The van der Waals surface area contributed by atoms with Crippen LogP contribution in [0.25, 0.3) is 0 Å². The molecule has 118 valence electrons. The number of rotatable bonds is 11. The van der Waals surface area contributed by atoms with Crippen LogP contribution in [0.5, 0.6) is 0 Å². The lowest BCUT2D eigenvalue weighted by molar-refractivity contribution is -0.115. The first kappa shape index (κ1) is 17.6. The van der Waals surface area contributed by atoms with Crippen molar-refractivity contribution in [2.45, 2.75) is 20.3 Å². The first-order chi connectivity index (χ1) is 10.2. The topological polar surface area (TPSA) is 59.6 Å². The highest BCUT2D eigenvalue weighted by Gasteiger charge is 2.01. The SMILES string of the molecule is CCCOCCOCCNCC(=O)Nc1ccc(C)cc1. The molecule has 0 saturated heterocycles. The predicted octanol–water partition coefficient (Wildman–Crippen LogP) is 1.97. The molecule has 21 heavy (non-hydrogen) atoms. The van der Waals surface area contributed by atoms with Gasteiger partial charge in [-0.05, 0) is 25.5 Å². The standard InChI is InChI=1S/C16H26N2O3/c1-3-9-20-11-12-21-10-8-17-13-16(19)18-15-6-4-14(2)5-7-15/h4-7,17H,3,8-13H2,1-2H3,(H,18,19). The van der Waals surface area contributed by atoms with E-state index >= 15 is 0 Å². The van der Waals surface area contributed by atoms with Gasteiger partial charge in [-0.15, -0.1) is 0 Å². The minimum Gasteiger partial charge on any atom is -0.379 e. The molecule has 0 heterocycles. The second-order valence-corrected chi connectivity index (χ2v) is 4.82. The highest BCUT2D eigenvalue weighted by molar-refractivity contribution is 5.92. The number of carbonyl (C=O) groups excluding carboxylic acids is 1. The van der Waals surface area contributed by atoms with Crippen molar-refractivity contribution < 1.29 is 14.3 Å². The maximum Gasteiger partial charge on any atom is 0.238 e. The first-order valence-electron chi connectivity index (χ1n) is 7.45. The van der Waals surface area contributed by atoms with Gasteiger partial charge in [0.15, 0.2) is 0 Å². The predicted molar refractivity (Wildman–Crippen MR) is 84.6 cm³/mol. The van der Waals surface area contributed by atoms with Crippen LogP contribution in [0.1, 0.15) is 18.9 Å². The molecule has 0 atom stereocenters. The second kappa shape index (κ2) is 11.3. The Morgan fingerprint density at radius 2 is 1.71 bits per heavy atom. The highest BCUT2D eigenvalue weighted by Crippen LogP contribution is 2.07. The van der Waals surface area contributed by atoms with Gasteiger partial charge in [-0.25, -0.2) is 0 Å². The molecule has 1 rings (SSSR count). The Morgan fingerprint density at radius 3 is 2.38 bits per heavy atom. The summed E-state index contributed by atoms with van der Waals surface area (Å²) in [7, 11) is 0. The molecule has 5 nitrogen and oxygen atoms in total. The molecule has 1 amide bonds. The van der Waals surface area contributed by atoms with Crippen molar-refractivity contribution in [1.82, 2.24) is 5.32 Å². The largest absolute Gasteiger partial charge is 0.379 e. The summed E-state index contributed by atoms with van der Waals surface area (Å²) in [5.74, 6) is -0.0508. The van der Waals surface area contributed by atoms with Gasteiger partial charge >= 0.3 is 0 Å². The number of benzene rings is 1. The van der Waals surface area contributed by atoms with Gasteiger partial charge < -0.3 is 20.1 Å². The molecular formula is C16H26N2O3. The van der Waals surface area contributed by atoms with Crippen molar-refractivity contribution >= 4 is 11.6 Å². The summed E-state index contributed by atoms with van der Waals surface area (Å²) in [5, 5.41) is 5.87. The molecule has 0 bridgehead atoms. The normalized spacial score (nSPS) is 10.6. The van der Waals surface area contributed by atoms with Crippen molar-refractivity contribution in [3.8, 4) is 0 Å².